The Morgan fingerprint density at radius 1 is 0.760 bits per heavy atom. The molecule has 4 aromatic carbocycles. The summed E-state index contributed by atoms with van der Waals surface area (Å²) >= 11 is 0. The number of fused-ring (bicyclic) bond motifs is 1. The maximum Gasteiger partial charge on any atom is 0.257 e. The first-order valence-corrected chi connectivity index (χ1v) is 17.2. The van der Waals surface area contributed by atoms with Gasteiger partial charge < -0.3 is 31.7 Å². The highest BCUT2D eigenvalue weighted by atomic mass is 32.2. The Bertz CT molecular complexity index is 1940. The van der Waals surface area contributed by atoms with E-state index in [1.54, 1.807) is 66.7 Å². The molecule has 0 aromatic heterocycles. The third-order valence-corrected chi connectivity index (χ3v) is 9.08. The monoisotopic (exact) mass is 703 g/mol. The first-order valence-electron chi connectivity index (χ1n) is 15.7. The second-order valence-electron chi connectivity index (χ2n) is 11.9. The molecule has 264 valence electrons. The number of rotatable bonds is 15. The summed E-state index contributed by atoms with van der Waals surface area (Å²) in [7, 11) is -0.559. The number of benzene rings is 4. The van der Waals surface area contributed by atoms with Crippen LogP contribution < -0.4 is 36.8 Å². The van der Waals surface area contributed by atoms with Gasteiger partial charge in [-0.2, -0.15) is 0 Å². The van der Waals surface area contributed by atoms with Crippen molar-refractivity contribution in [3.63, 3.8) is 0 Å². The lowest BCUT2D eigenvalue weighted by atomic mass is 10.1. The van der Waals surface area contributed by atoms with E-state index < -0.39 is 58.3 Å². The Kier molecular flexibility index (Phi) is 12.5. The van der Waals surface area contributed by atoms with Gasteiger partial charge in [0.05, 0.1) is 17.5 Å². The number of nitrogens with two attached hydrogens (primary N) is 1. The second-order valence-corrected chi connectivity index (χ2v) is 13.5. The quantitative estimate of drug-likeness (QED) is 0.0874. The van der Waals surface area contributed by atoms with Crippen LogP contribution in [0.3, 0.4) is 0 Å². The van der Waals surface area contributed by atoms with Crippen molar-refractivity contribution in [2.24, 2.45) is 5.73 Å². The Hall–Kier alpha value is -5.51. The number of aromatic hydroxyl groups is 1. The summed E-state index contributed by atoms with van der Waals surface area (Å²) in [5.74, 6) is -2.75. The first kappa shape index (κ1) is 37.3. The summed E-state index contributed by atoms with van der Waals surface area (Å²) in [6.07, 6.45) is 0.184. The average Bonchev–Trinajstić information content (AvgIpc) is 3.09. The molecule has 4 rings (SSSR count). The zero-order valence-corrected chi connectivity index (χ0v) is 28.7. The fourth-order valence-electron chi connectivity index (χ4n) is 5.14. The van der Waals surface area contributed by atoms with E-state index in [1.165, 1.54) is 25.1 Å². The Balaban J connectivity index is 1.36. The Labute approximate surface area is 290 Å². The van der Waals surface area contributed by atoms with Crippen LogP contribution in [0.1, 0.15) is 18.1 Å². The van der Waals surface area contributed by atoms with Gasteiger partial charge in [-0.25, -0.2) is 8.42 Å². The van der Waals surface area contributed by atoms with Crippen LogP contribution in [0.4, 0.5) is 5.69 Å². The lowest BCUT2D eigenvalue weighted by Gasteiger charge is -2.20. The van der Waals surface area contributed by atoms with Gasteiger partial charge in [-0.15, -0.1) is 4.83 Å². The van der Waals surface area contributed by atoms with E-state index in [0.29, 0.717) is 21.9 Å². The van der Waals surface area contributed by atoms with E-state index in [-0.39, 0.29) is 23.5 Å². The molecule has 0 aliphatic carbocycles. The normalized spacial score (nSPS) is 13.0. The van der Waals surface area contributed by atoms with E-state index in [9.17, 15) is 32.7 Å². The summed E-state index contributed by atoms with van der Waals surface area (Å²) in [6.45, 7) is 0.889. The summed E-state index contributed by atoms with van der Waals surface area (Å²) < 4.78 is 26.8. The van der Waals surface area contributed by atoms with Gasteiger partial charge in [0.1, 0.15) is 17.8 Å². The van der Waals surface area contributed by atoms with Crippen molar-refractivity contribution >= 4 is 50.1 Å². The topological polar surface area (TPSA) is 212 Å². The maximum atomic E-state index is 13.4. The molecule has 0 saturated carbocycles. The van der Waals surface area contributed by atoms with E-state index in [2.05, 4.69) is 26.2 Å². The number of amides is 4. The molecular formula is C35H41N7O7S. The molecule has 0 fully saturated rings. The van der Waals surface area contributed by atoms with Gasteiger partial charge in [0, 0.05) is 37.0 Å². The summed E-state index contributed by atoms with van der Waals surface area (Å²) in [5.41, 5.74) is 10.4. The van der Waals surface area contributed by atoms with Gasteiger partial charge in [0.15, 0.2) is 0 Å². The highest BCUT2D eigenvalue weighted by molar-refractivity contribution is 7.89. The van der Waals surface area contributed by atoms with Gasteiger partial charge in [-0.05, 0) is 48.7 Å². The number of hydrogen-bond donors (Lipinski definition) is 7. The summed E-state index contributed by atoms with van der Waals surface area (Å²) in [5, 5.41) is 18.0. The SMILES string of the molecule is C[C@@H](NC(=O)[C@@H](N)Cc1ccc(O)cc1)C(=O)NCC(=O)N[C@@H](Cc1ccccc1)C(=O)NNS(=O)(=O)c1cccc2c(N(C)C)cccc12. The number of carbonyl (C=O) groups excluding carboxylic acids is 4. The molecule has 0 spiro atoms. The minimum absolute atomic E-state index is 0.0138. The van der Waals surface area contributed by atoms with Crippen LogP contribution in [0.2, 0.25) is 0 Å². The summed E-state index contributed by atoms with van der Waals surface area (Å²) in [6, 6.07) is 21.8. The minimum Gasteiger partial charge on any atom is -0.508 e. The molecule has 4 aromatic rings. The van der Waals surface area contributed by atoms with E-state index in [0.717, 1.165) is 5.69 Å². The number of sulfonamides is 1. The van der Waals surface area contributed by atoms with Gasteiger partial charge >= 0.3 is 0 Å². The molecule has 0 aliphatic rings. The molecule has 50 heavy (non-hydrogen) atoms. The molecule has 3 atom stereocenters. The van der Waals surface area contributed by atoms with Crippen molar-refractivity contribution in [3.8, 4) is 5.75 Å². The largest absolute Gasteiger partial charge is 0.508 e. The number of nitrogens with one attached hydrogen (secondary N) is 5. The lowest BCUT2D eigenvalue weighted by molar-refractivity contribution is -0.131. The van der Waals surface area contributed by atoms with Crippen LogP contribution in [0.5, 0.6) is 5.75 Å². The fraction of sp³-hybridized carbons (Fsp3) is 0.257. The number of phenols is 1. The van der Waals surface area contributed by atoms with Crippen molar-refractivity contribution in [3.05, 3.63) is 102 Å². The molecule has 0 saturated heterocycles. The smallest absolute Gasteiger partial charge is 0.257 e. The Morgan fingerprint density at radius 2 is 1.40 bits per heavy atom. The van der Waals surface area contributed by atoms with Crippen molar-refractivity contribution in [1.82, 2.24) is 26.2 Å². The third-order valence-electron chi connectivity index (χ3n) is 7.78. The fourth-order valence-corrected chi connectivity index (χ4v) is 6.21. The van der Waals surface area contributed by atoms with Gasteiger partial charge in [0.25, 0.3) is 15.9 Å². The van der Waals surface area contributed by atoms with Crippen molar-refractivity contribution in [1.29, 1.82) is 0 Å². The van der Waals surface area contributed by atoms with Crippen molar-refractivity contribution < 1.29 is 32.7 Å². The van der Waals surface area contributed by atoms with Crippen LogP contribution in [-0.4, -0.2) is 75.9 Å². The second kappa shape index (κ2) is 16.7. The average molecular weight is 704 g/mol. The highest BCUT2D eigenvalue weighted by Crippen LogP contribution is 2.30. The number of hydrogen-bond acceptors (Lipinski definition) is 9. The molecule has 0 bridgehead atoms. The third kappa shape index (κ3) is 10.0. The standard InChI is InChI=1S/C35H41N7O7S/c1-22(38-34(46)28(36)19-24-15-17-25(43)18-16-24)33(45)37-21-32(44)39-29(20-23-9-5-4-6-10-23)35(47)40-41-50(48,49)31-14-8-11-26-27(31)12-7-13-30(26)42(2)3/h4-18,22,28-29,41,43H,19-21,36H2,1-3H3,(H,37,45)(H,38,46)(H,39,44)(H,40,47)/t22-,28+,29+/m1/s1. The predicted molar refractivity (Wildman–Crippen MR) is 189 cm³/mol. The molecule has 14 nitrogen and oxygen atoms in total. The molecule has 0 unspecified atom stereocenters. The van der Waals surface area contributed by atoms with Crippen LogP contribution in [0, 0.1) is 0 Å². The van der Waals surface area contributed by atoms with Crippen molar-refractivity contribution in [2.45, 2.75) is 42.8 Å². The first-order chi connectivity index (χ1) is 23.7. The van der Waals surface area contributed by atoms with Gasteiger partial charge in [0.2, 0.25) is 17.7 Å². The predicted octanol–water partition coefficient (Wildman–Crippen LogP) is 0.839. The minimum atomic E-state index is -4.25. The van der Waals surface area contributed by atoms with E-state index in [1.807, 2.05) is 25.1 Å². The molecule has 4 amide bonds. The van der Waals surface area contributed by atoms with E-state index in [4.69, 9.17) is 5.73 Å². The molecule has 0 heterocycles. The van der Waals surface area contributed by atoms with Crippen LogP contribution in [0.25, 0.3) is 10.8 Å². The number of nitrogens with zero attached hydrogens (tertiary/aromatic N) is 1. The van der Waals surface area contributed by atoms with Crippen LogP contribution in [-0.2, 0) is 42.0 Å². The molecule has 8 N–H and O–H groups in total. The maximum absolute atomic E-state index is 13.4. The van der Waals surface area contributed by atoms with Crippen LogP contribution >= 0.6 is 0 Å². The van der Waals surface area contributed by atoms with Crippen molar-refractivity contribution in [2.75, 3.05) is 25.5 Å². The number of carbonyl (C=O) groups is 4. The van der Waals surface area contributed by atoms with Crippen LogP contribution in [0.15, 0.2) is 95.9 Å². The number of anilines is 1. The number of phenolic OH excluding ortho intramolecular Hbond substituents is 1. The molecule has 0 radical (unpaired) electrons. The molecule has 15 heteroatoms. The highest BCUT2D eigenvalue weighted by Gasteiger charge is 2.26. The molecular weight excluding hydrogens is 662 g/mol. The molecule has 0 aliphatic heterocycles. The summed E-state index contributed by atoms with van der Waals surface area (Å²) in [4.78, 5) is 55.4. The zero-order valence-electron chi connectivity index (χ0n) is 27.8. The lowest BCUT2D eigenvalue weighted by Crippen LogP contribution is -2.55. The zero-order chi connectivity index (χ0) is 36.4. The number of hydrazine groups is 1. The van der Waals surface area contributed by atoms with Gasteiger partial charge in [-0.1, -0.05) is 66.7 Å². The van der Waals surface area contributed by atoms with E-state index >= 15 is 0 Å². The van der Waals surface area contributed by atoms with Gasteiger partial charge in [-0.3, -0.25) is 24.6 Å². The Morgan fingerprint density at radius 3 is 2.08 bits per heavy atom.